The molecule has 0 spiro atoms. The van der Waals surface area contributed by atoms with Gasteiger partial charge in [0.2, 0.25) is 0 Å². The summed E-state index contributed by atoms with van der Waals surface area (Å²) in [4.78, 5) is 12.2. The van der Waals surface area contributed by atoms with Gasteiger partial charge in [0.25, 0.3) is 5.91 Å². The zero-order valence-electron chi connectivity index (χ0n) is 16.0. The van der Waals surface area contributed by atoms with Crippen molar-refractivity contribution < 1.29 is 18.3 Å². The van der Waals surface area contributed by atoms with Gasteiger partial charge >= 0.3 is 0 Å². The highest BCUT2D eigenvalue weighted by Crippen LogP contribution is 2.26. The largest absolute Gasteiger partial charge is 0.484 e. The van der Waals surface area contributed by atoms with Crippen LogP contribution >= 0.6 is 27.5 Å². The Hall–Kier alpha value is -2.32. The van der Waals surface area contributed by atoms with Crippen LogP contribution in [0.3, 0.4) is 0 Å². The minimum Gasteiger partial charge on any atom is -0.484 e. The Balaban J connectivity index is 1.45. The minimum atomic E-state index is -0.440. The van der Waals surface area contributed by atoms with E-state index in [0.29, 0.717) is 24.6 Å². The van der Waals surface area contributed by atoms with E-state index in [9.17, 15) is 9.18 Å². The van der Waals surface area contributed by atoms with Crippen LogP contribution in [0.15, 0.2) is 39.2 Å². The first-order valence-electron chi connectivity index (χ1n) is 8.99. The number of aromatic nitrogens is 2. The van der Waals surface area contributed by atoms with E-state index in [4.69, 9.17) is 20.8 Å². The Labute approximate surface area is 181 Å². The number of aryl methyl sites for hydroxylation is 2. The molecular weight excluding hydrogens is 465 g/mol. The van der Waals surface area contributed by atoms with Gasteiger partial charge in [-0.25, -0.2) is 4.39 Å². The summed E-state index contributed by atoms with van der Waals surface area (Å²) in [7, 11) is 0. The SMILES string of the molecule is Cc1nn(CCCNC(=O)c2ccc(COc3ccc(F)cc3Cl)o2)c(C)c1Br. The molecule has 0 aliphatic heterocycles. The van der Waals surface area contributed by atoms with E-state index in [-0.39, 0.29) is 23.3 Å². The molecule has 1 aromatic carbocycles. The molecule has 6 nitrogen and oxygen atoms in total. The normalized spacial score (nSPS) is 10.9. The van der Waals surface area contributed by atoms with Crippen molar-refractivity contribution in [2.75, 3.05) is 6.54 Å². The van der Waals surface area contributed by atoms with Crippen molar-refractivity contribution >= 4 is 33.4 Å². The standard InChI is InChI=1S/C20H20BrClFN3O3/c1-12-19(21)13(2)26(25-12)9-3-8-24-20(27)18-7-5-15(29-18)11-28-17-6-4-14(23)10-16(17)22/h4-7,10H,3,8-9,11H2,1-2H3,(H,24,27). The van der Waals surface area contributed by atoms with Gasteiger partial charge in [0.05, 0.1) is 15.2 Å². The third kappa shape index (κ3) is 5.39. The number of ether oxygens (including phenoxy) is 1. The van der Waals surface area contributed by atoms with E-state index < -0.39 is 5.82 Å². The Morgan fingerprint density at radius 3 is 2.83 bits per heavy atom. The number of carbonyl (C=O) groups is 1. The molecule has 0 aliphatic carbocycles. The molecule has 0 unspecified atom stereocenters. The van der Waals surface area contributed by atoms with E-state index in [1.165, 1.54) is 18.2 Å². The number of hydrogen-bond donors (Lipinski definition) is 1. The van der Waals surface area contributed by atoms with Gasteiger partial charge < -0.3 is 14.5 Å². The fourth-order valence-electron chi connectivity index (χ4n) is 2.73. The molecule has 0 saturated carbocycles. The first kappa shape index (κ1) is 21.4. The number of nitrogens with one attached hydrogen (secondary N) is 1. The van der Waals surface area contributed by atoms with Crippen molar-refractivity contribution in [2.24, 2.45) is 0 Å². The second-order valence-electron chi connectivity index (χ2n) is 6.45. The number of benzene rings is 1. The highest BCUT2D eigenvalue weighted by atomic mass is 79.9. The quantitative estimate of drug-likeness (QED) is 0.455. The number of hydrogen-bond acceptors (Lipinski definition) is 4. The molecule has 0 fully saturated rings. The van der Waals surface area contributed by atoms with Gasteiger partial charge in [0, 0.05) is 18.8 Å². The van der Waals surface area contributed by atoms with E-state index >= 15 is 0 Å². The Morgan fingerprint density at radius 1 is 1.34 bits per heavy atom. The second kappa shape index (κ2) is 9.45. The van der Waals surface area contributed by atoms with Crippen molar-refractivity contribution in [1.82, 2.24) is 15.1 Å². The zero-order valence-corrected chi connectivity index (χ0v) is 18.3. The maximum Gasteiger partial charge on any atom is 0.286 e. The van der Waals surface area contributed by atoms with Gasteiger partial charge in [-0.05, 0) is 66.5 Å². The monoisotopic (exact) mass is 483 g/mol. The summed E-state index contributed by atoms with van der Waals surface area (Å²) in [6.45, 7) is 5.21. The van der Waals surface area contributed by atoms with E-state index in [1.54, 1.807) is 12.1 Å². The number of amides is 1. The van der Waals surface area contributed by atoms with Gasteiger partial charge in [-0.1, -0.05) is 11.6 Å². The van der Waals surface area contributed by atoms with Crippen LogP contribution in [-0.4, -0.2) is 22.2 Å². The number of carbonyl (C=O) groups excluding carboxylic acids is 1. The first-order chi connectivity index (χ1) is 13.8. The van der Waals surface area contributed by atoms with Gasteiger partial charge in [0.15, 0.2) is 5.76 Å². The molecule has 29 heavy (non-hydrogen) atoms. The van der Waals surface area contributed by atoms with Crippen LogP contribution < -0.4 is 10.1 Å². The molecule has 1 amide bonds. The number of furan rings is 1. The van der Waals surface area contributed by atoms with Crippen LogP contribution in [0.5, 0.6) is 5.75 Å². The van der Waals surface area contributed by atoms with E-state index in [1.807, 2.05) is 18.5 Å². The lowest BCUT2D eigenvalue weighted by molar-refractivity contribution is 0.0920. The lowest BCUT2D eigenvalue weighted by Gasteiger charge is -2.07. The molecule has 3 rings (SSSR count). The molecule has 0 saturated heterocycles. The lowest BCUT2D eigenvalue weighted by Crippen LogP contribution is -2.25. The summed E-state index contributed by atoms with van der Waals surface area (Å²) < 4.78 is 27.0. The molecular formula is C20H20BrClFN3O3. The van der Waals surface area contributed by atoms with Gasteiger partial charge in [-0.3, -0.25) is 9.48 Å². The van der Waals surface area contributed by atoms with Crippen molar-refractivity contribution in [3.05, 3.63) is 68.6 Å². The zero-order chi connectivity index (χ0) is 21.0. The van der Waals surface area contributed by atoms with E-state index in [0.717, 1.165) is 22.3 Å². The molecule has 3 aromatic rings. The van der Waals surface area contributed by atoms with Crippen molar-refractivity contribution in [1.29, 1.82) is 0 Å². The maximum atomic E-state index is 13.1. The number of halogens is 3. The Bertz CT molecular complexity index is 1020. The molecule has 0 radical (unpaired) electrons. The summed E-state index contributed by atoms with van der Waals surface area (Å²) in [5.41, 5.74) is 2.00. The second-order valence-corrected chi connectivity index (χ2v) is 7.65. The van der Waals surface area contributed by atoms with Gasteiger partial charge in [0.1, 0.15) is 23.9 Å². The maximum absolute atomic E-state index is 13.1. The summed E-state index contributed by atoms with van der Waals surface area (Å²) >= 11 is 9.42. The molecule has 0 aliphatic rings. The van der Waals surface area contributed by atoms with Gasteiger partial charge in [-0.2, -0.15) is 5.10 Å². The van der Waals surface area contributed by atoms with Crippen LogP contribution in [0.25, 0.3) is 0 Å². The smallest absolute Gasteiger partial charge is 0.286 e. The summed E-state index contributed by atoms with van der Waals surface area (Å²) in [6, 6.07) is 7.10. The van der Waals surface area contributed by atoms with Gasteiger partial charge in [-0.15, -0.1) is 0 Å². The molecule has 0 atom stereocenters. The number of rotatable bonds is 8. The molecule has 9 heteroatoms. The van der Waals surface area contributed by atoms with Crippen LogP contribution in [-0.2, 0) is 13.2 Å². The van der Waals surface area contributed by atoms with Crippen molar-refractivity contribution in [3.8, 4) is 5.75 Å². The average Bonchev–Trinajstić information content (AvgIpc) is 3.25. The fraction of sp³-hybridized carbons (Fsp3) is 0.300. The van der Waals surface area contributed by atoms with Crippen LogP contribution in [0, 0.1) is 19.7 Å². The topological polar surface area (TPSA) is 69.3 Å². The van der Waals surface area contributed by atoms with Crippen molar-refractivity contribution in [3.63, 3.8) is 0 Å². The van der Waals surface area contributed by atoms with Crippen LogP contribution in [0.2, 0.25) is 5.02 Å². The summed E-state index contributed by atoms with van der Waals surface area (Å²) in [5, 5.41) is 7.43. The molecule has 2 heterocycles. The van der Waals surface area contributed by atoms with E-state index in [2.05, 4.69) is 26.3 Å². The van der Waals surface area contributed by atoms with Crippen molar-refractivity contribution in [2.45, 2.75) is 33.4 Å². The van der Waals surface area contributed by atoms with Crippen LogP contribution in [0.4, 0.5) is 4.39 Å². The predicted octanol–water partition coefficient (Wildman–Crippen LogP) is 5.05. The molecule has 1 N–H and O–H groups in total. The molecule has 2 aromatic heterocycles. The highest BCUT2D eigenvalue weighted by molar-refractivity contribution is 9.10. The third-order valence-corrected chi connectivity index (χ3v) is 5.72. The minimum absolute atomic E-state index is 0.0748. The summed E-state index contributed by atoms with van der Waals surface area (Å²) in [6.07, 6.45) is 0.736. The fourth-order valence-corrected chi connectivity index (χ4v) is 3.24. The third-order valence-electron chi connectivity index (χ3n) is 4.27. The Kier molecular flexibility index (Phi) is 6.97. The summed E-state index contributed by atoms with van der Waals surface area (Å²) in [5.74, 6) is 0.257. The average molecular weight is 485 g/mol. The highest BCUT2D eigenvalue weighted by Gasteiger charge is 2.13. The molecule has 154 valence electrons. The Morgan fingerprint density at radius 2 is 2.14 bits per heavy atom. The number of nitrogens with zero attached hydrogens (tertiary/aromatic N) is 2. The molecule has 0 bridgehead atoms. The lowest BCUT2D eigenvalue weighted by atomic mass is 10.3. The predicted molar refractivity (Wildman–Crippen MR) is 111 cm³/mol. The van der Waals surface area contributed by atoms with Crippen LogP contribution in [0.1, 0.15) is 34.1 Å². The first-order valence-corrected chi connectivity index (χ1v) is 10.2.